The predicted octanol–water partition coefficient (Wildman–Crippen LogP) is 1.08. The molecular formula is C9H14N4O3S. The molecule has 0 radical (unpaired) electrons. The smallest absolute Gasteiger partial charge is 0.321 e. The summed E-state index contributed by atoms with van der Waals surface area (Å²) in [5.41, 5.74) is -1.01. The van der Waals surface area contributed by atoms with Crippen LogP contribution in [0.2, 0.25) is 0 Å². The molecule has 0 spiro atoms. The van der Waals surface area contributed by atoms with Gasteiger partial charge in [-0.15, -0.1) is 10.2 Å². The van der Waals surface area contributed by atoms with Gasteiger partial charge in [0.05, 0.1) is 5.41 Å². The number of hydrogen-bond acceptors (Lipinski definition) is 5. The topological polar surface area (TPSA) is 104 Å². The van der Waals surface area contributed by atoms with Crippen molar-refractivity contribution in [1.29, 1.82) is 0 Å². The van der Waals surface area contributed by atoms with Crippen LogP contribution in [0.25, 0.3) is 0 Å². The van der Waals surface area contributed by atoms with Gasteiger partial charge in [0.25, 0.3) is 0 Å². The molecule has 0 atom stereocenters. The van der Waals surface area contributed by atoms with E-state index in [9.17, 15) is 9.59 Å². The average Bonchev–Trinajstić information content (AvgIpc) is 2.61. The second-order valence-corrected chi connectivity index (χ2v) is 5.30. The fraction of sp³-hybridized carbons (Fsp3) is 0.556. The number of carbonyl (C=O) groups is 2. The highest BCUT2D eigenvalue weighted by Gasteiger charge is 2.27. The first kappa shape index (κ1) is 13.4. The first-order valence-electron chi connectivity index (χ1n) is 4.89. The Balaban J connectivity index is 2.43. The Labute approximate surface area is 102 Å². The molecule has 0 aliphatic heterocycles. The highest BCUT2D eigenvalue weighted by Crippen LogP contribution is 2.15. The maximum absolute atomic E-state index is 11.4. The lowest BCUT2D eigenvalue weighted by molar-refractivity contribution is -0.146. The number of carbonyl (C=O) groups excluding carboxylic acids is 1. The van der Waals surface area contributed by atoms with Crippen molar-refractivity contribution in [1.82, 2.24) is 15.5 Å². The maximum atomic E-state index is 11.4. The van der Waals surface area contributed by atoms with E-state index >= 15 is 0 Å². The number of aliphatic carboxylic acids is 1. The summed E-state index contributed by atoms with van der Waals surface area (Å²) in [5, 5.41) is 22.4. The van der Waals surface area contributed by atoms with Crippen LogP contribution in [0, 0.1) is 12.3 Å². The zero-order chi connectivity index (χ0) is 13.1. The van der Waals surface area contributed by atoms with E-state index in [1.807, 2.05) is 0 Å². The molecule has 94 valence electrons. The average molecular weight is 258 g/mol. The Hall–Kier alpha value is -1.70. The molecule has 8 heteroatoms. The molecule has 0 saturated carbocycles. The largest absolute Gasteiger partial charge is 0.481 e. The number of aromatic nitrogens is 2. The van der Waals surface area contributed by atoms with Gasteiger partial charge in [-0.2, -0.15) is 0 Å². The van der Waals surface area contributed by atoms with Gasteiger partial charge < -0.3 is 10.4 Å². The molecule has 0 unspecified atom stereocenters. The van der Waals surface area contributed by atoms with Crippen molar-refractivity contribution in [2.24, 2.45) is 5.41 Å². The molecule has 3 N–H and O–H groups in total. The summed E-state index contributed by atoms with van der Waals surface area (Å²) in [6.45, 7) is 4.87. The molecule has 2 amide bonds. The Kier molecular flexibility index (Phi) is 4.00. The van der Waals surface area contributed by atoms with Gasteiger partial charge in [-0.3, -0.25) is 10.1 Å². The molecule has 1 rings (SSSR count). The van der Waals surface area contributed by atoms with Gasteiger partial charge in [-0.1, -0.05) is 11.3 Å². The molecule has 17 heavy (non-hydrogen) atoms. The van der Waals surface area contributed by atoms with E-state index in [1.165, 1.54) is 25.2 Å². The monoisotopic (exact) mass is 258 g/mol. The van der Waals surface area contributed by atoms with Gasteiger partial charge in [-0.25, -0.2) is 4.79 Å². The van der Waals surface area contributed by atoms with Crippen LogP contribution in [0.3, 0.4) is 0 Å². The first-order valence-corrected chi connectivity index (χ1v) is 5.71. The third-order valence-corrected chi connectivity index (χ3v) is 2.77. The molecule has 0 aromatic carbocycles. The number of rotatable bonds is 4. The molecule has 0 aliphatic carbocycles. The van der Waals surface area contributed by atoms with E-state index in [4.69, 9.17) is 5.11 Å². The fourth-order valence-electron chi connectivity index (χ4n) is 0.865. The Morgan fingerprint density at radius 2 is 2.06 bits per heavy atom. The van der Waals surface area contributed by atoms with Gasteiger partial charge in [-0.05, 0) is 20.8 Å². The Morgan fingerprint density at radius 1 is 1.41 bits per heavy atom. The van der Waals surface area contributed by atoms with E-state index in [1.54, 1.807) is 6.92 Å². The quantitative estimate of drug-likeness (QED) is 0.749. The van der Waals surface area contributed by atoms with Crippen molar-refractivity contribution in [3.05, 3.63) is 5.01 Å². The maximum Gasteiger partial charge on any atom is 0.321 e. The van der Waals surface area contributed by atoms with Crippen LogP contribution in [0.5, 0.6) is 0 Å². The number of hydrogen-bond donors (Lipinski definition) is 3. The van der Waals surface area contributed by atoms with Crippen LogP contribution < -0.4 is 10.6 Å². The van der Waals surface area contributed by atoms with Gasteiger partial charge >= 0.3 is 12.0 Å². The summed E-state index contributed by atoms with van der Waals surface area (Å²) in [7, 11) is 0. The van der Waals surface area contributed by atoms with Gasteiger partial charge in [0, 0.05) is 6.54 Å². The normalized spacial score (nSPS) is 11.0. The molecule has 1 aromatic rings. The molecular weight excluding hydrogens is 244 g/mol. The molecule has 7 nitrogen and oxygen atoms in total. The summed E-state index contributed by atoms with van der Waals surface area (Å²) in [6.07, 6.45) is 0. The zero-order valence-corrected chi connectivity index (χ0v) is 10.6. The molecule has 1 heterocycles. The number of urea groups is 1. The lowest BCUT2D eigenvalue weighted by Gasteiger charge is -2.19. The van der Waals surface area contributed by atoms with Crippen molar-refractivity contribution >= 4 is 28.5 Å². The van der Waals surface area contributed by atoms with Crippen LogP contribution in [0.15, 0.2) is 0 Å². The number of nitrogens with zero attached hydrogens (tertiary/aromatic N) is 2. The highest BCUT2D eigenvalue weighted by atomic mass is 32.1. The van der Waals surface area contributed by atoms with Crippen molar-refractivity contribution in [3.63, 3.8) is 0 Å². The molecule has 0 saturated heterocycles. The fourth-order valence-corrected chi connectivity index (χ4v) is 1.45. The summed E-state index contributed by atoms with van der Waals surface area (Å²) in [6, 6.07) is -0.490. The summed E-state index contributed by atoms with van der Waals surface area (Å²) in [5.74, 6) is -0.968. The van der Waals surface area contributed by atoms with Crippen LogP contribution >= 0.6 is 11.3 Å². The number of aryl methyl sites for hydroxylation is 1. The predicted molar refractivity (Wildman–Crippen MR) is 63.1 cm³/mol. The molecule has 0 bridgehead atoms. The lowest BCUT2D eigenvalue weighted by atomic mass is 9.94. The number of carboxylic acid groups (broad SMARTS) is 1. The SMILES string of the molecule is Cc1nnc(NC(=O)NCC(C)(C)C(=O)O)s1. The lowest BCUT2D eigenvalue weighted by Crippen LogP contribution is -2.40. The number of anilines is 1. The number of amides is 2. The van der Waals surface area contributed by atoms with Gasteiger partial charge in [0.1, 0.15) is 5.01 Å². The second-order valence-electron chi connectivity index (χ2n) is 4.12. The van der Waals surface area contributed by atoms with E-state index in [0.717, 1.165) is 5.01 Å². The summed E-state index contributed by atoms with van der Waals surface area (Å²) < 4.78 is 0. The van der Waals surface area contributed by atoms with Crippen molar-refractivity contribution in [2.75, 3.05) is 11.9 Å². The molecule has 0 fully saturated rings. The van der Waals surface area contributed by atoms with Crippen molar-refractivity contribution in [3.8, 4) is 0 Å². The van der Waals surface area contributed by atoms with Gasteiger partial charge in [0.2, 0.25) is 5.13 Å². The number of carboxylic acids is 1. The number of nitrogens with one attached hydrogen (secondary N) is 2. The summed E-state index contributed by atoms with van der Waals surface area (Å²) >= 11 is 1.25. The van der Waals surface area contributed by atoms with E-state index < -0.39 is 17.4 Å². The van der Waals surface area contributed by atoms with E-state index in [0.29, 0.717) is 5.13 Å². The zero-order valence-electron chi connectivity index (χ0n) is 9.77. The standard InChI is InChI=1S/C9H14N4O3S/c1-5-12-13-8(17-5)11-7(16)10-4-9(2,3)6(14)15/h4H2,1-3H3,(H,14,15)(H2,10,11,13,16). The van der Waals surface area contributed by atoms with Crippen LogP contribution in [0.4, 0.5) is 9.93 Å². The Bertz CT molecular complexity index is 430. The Morgan fingerprint density at radius 3 is 2.53 bits per heavy atom. The third-order valence-electron chi connectivity index (χ3n) is 2.02. The van der Waals surface area contributed by atoms with E-state index in [2.05, 4.69) is 20.8 Å². The van der Waals surface area contributed by atoms with Crippen molar-refractivity contribution < 1.29 is 14.7 Å². The molecule has 0 aliphatic rings. The minimum Gasteiger partial charge on any atom is -0.481 e. The van der Waals surface area contributed by atoms with Crippen molar-refractivity contribution in [2.45, 2.75) is 20.8 Å². The minimum absolute atomic E-state index is 0.0337. The minimum atomic E-state index is -1.01. The second kappa shape index (κ2) is 5.09. The first-order chi connectivity index (χ1) is 7.81. The third kappa shape index (κ3) is 3.99. The summed E-state index contributed by atoms with van der Waals surface area (Å²) in [4.78, 5) is 22.2. The van der Waals surface area contributed by atoms with E-state index in [-0.39, 0.29) is 6.54 Å². The molecule has 1 aromatic heterocycles. The van der Waals surface area contributed by atoms with Gasteiger partial charge in [0.15, 0.2) is 0 Å². The van der Waals surface area contributed by atoms with Crippen LogP contribution in [-0.4, -0.2) is 33.8 Å². The highest BCUT2D eigenvalue weighted by molar-refractivity contribution is 7.15. The van der Waals surface area contributed by atoms with Crippen LogP contribution in [0.1, 0.15) is 18.9 Å². The van der Waals surface area contributed by atoms with Crippen LogP contribution in [-0.2, 0) is 4.79 Å².